The predicted molar refractivity (Wildman–Crippen MR) is 86.5 cm³/mol. The fourth-order valence-electron chi connectivity index (χ4n) is 3.43. The Morgan fingerprint density at radius 3 is 2.56 bits per heavy atom. The molecule has 1 atom stereocenters. The smallest absolute Gasteiger partial charge is 0.406 e. The highest BCUT2D eigenvalue weighted by Crippen LogP contribution is 2.24. The van der Waals surface area contributed by atoms with Gasteiger partial charge in [-0.2, -0.15) is 13.2 Å². The number of carbonyl (C=O) groups is 3. The molecule has 2 saturated heterocycles. The van der Waals surface area contributed by atoms with Gasteiger partial charge in [-0.15, -0.1) is 0 Å². The first kappa shape index (κ1) is 19.2. The van der Waals surface area contributed by atoms with E-state index in [1.807, 2.05) is 0 Å². The van der Waals surface area contributed by atoms with Crippen LogP contribution in [-0.4, -0.2) is 65.9 Å². The standard InChI is InChI=1S/C17H20F3N3O4/c18-17(19,20)10-23-8-12(7-14(23)24)15(25)21-13-1-4-22(5-2-13)16(26)11-3-6-27-9-11/h3,6,9,12-13H,1-2,4-5,7-8,10H2,(H,21,25). The highest BCUT2D eigenvalue weighted by atomic mass is 19.4. The maximum absolute atomic E-state index is 12.5. The quantitative estimate of drug-likeness (QED) is 0.847. The first-order valence-corrected chi connectivity index (χ1v) is 8.69. The van der Waals surface area contributed by atoms with Crippen LogP contribution in [0.5, 0.6) is 0 Å². The molecule has 0 radical (unpaired) electrons. The van der Waals surface area contributed by atoms with E-state index in [0.717, 1.165) is 0 Å². The van der Waals surface area contributed by atoms with Gasteiger partial charge in [0.2, 0.25) is 11.8 Å². The van der Waals surface area contributed by atoms with Crippen LogP contribution in [0.15, 0.2) is 23.0 Å². The zero-order valence-electron chi connectivity index (χ0n) is 14.5. The second-order valence-corrected chi connectivity index (χ2v) is 6.88. The molecule has 0 aromatic carbocycles. The lowest BCUT2D eigenvalue weighted by Crippen LogP contribution is -2.48. The third kappa shape index (κ3) is 4.81. The molecule has 0 bridgehead atoms. The topological polar surface area (TPSA) is 82.9 Å². The third-order valence-electron chi connectivity index (χ3n) is 4.85. The van der Waals surface area contributed by atoms with Gasteiger partial charge < -0.3 is 19.5 Å². The molecule has 0 aliphatic carbocycles. The van der Waals surface area contributed by atoms with Crippen LogP contribution >= 0.6 is 0 Å². The van der Waals surface area contributed by atoms with Crippen molar-refractivity contribution in [3.05, 3.63) is 24.2 Å². The molecule has 3 heterocycles. The molecule has 1 aromatic rings. The number of nitrogens with one attached hydrogen (secondary N) is 1. The van der Waals surface area contributed by atoms with Crippen LogP contribution in [0.1, 0.15) is 29.6 Å². The summed E-state index contributed by atoms with van der Waals surface area (Å²) >= 11 is 0. The van der Waals surface area contributed by atoms with Crippen molar-refractivity contribution in [3.8, 4) is 0 Å². The van der Waals surface area contributed by atoms with E-state index >= 15 is 0 Å². The SMILES string of the molecule is O=C(NC1CCN(C(=O)c2ccoc2)CC1)C1CC(=O)N(CC(F)(F)F)C1. The number of alkyl halides is 3. The molecule has 2 aliphatic heterocycles. The summed E-state index contributed by atoms with van der Waals surface area (Å²) in [6.45, 7) is -0.635. The van der Waals surface area contributed by atoms with Gasteiger partial charge in [0.05, 0.1) is 17.7 Å². The minimum atomic E-state index is -4.48. The van der Waals surface area contributed by atoms with E-state index in [1.54, 1.807) is 11.0 Å². The second kappa shape index (κ2) is 7.61. The Morgan fingerprint density at radius 2 is 1.96 bits per heavy atom. The van der Waals surface area contributed by atoms with Crippen LogP contribution in [-0.2, 0) is 9.59 Å². The zero-order chi connectivity index (χ0) is 19.6. The van der Waals surface area contributed by atoms with Crippen molar-refractivity contribution in [2.24, 2.45) is 5.92 Å². The van der Waals surface area contributed by atoms with Crippen LogP contribution < -0.4 is 5.32 Å². The van der Waals surface area contributed by atoms with Crippen molar-refractivity contribution in [2.75, 3.05) is 26.2 Å². The number of carbonyl (C=O) groups excluding carboxylic acids is 3. The van der Waals surface area contributed by atoms with Crippen LogP contribution in [0.4, 0.5) is 13.2 Å². The molecule has 3 amide bonds. The summed E-state index contributed by atoms with van der Waals surface area (Å²) in [4.78, 5) is 38.6. The summed E-state index contributed by atoms with van der Waals surface area (Å²) < 4.78 is 42.3. The van der Waals surface area contributed by atoms with Crippen LogP contribution in [0.2, 0.25) is 0 Å². The van der Waals surface area contributed by atoms with Crippen molar-refractivity contribution in [3.63, 3.8) is 0 Å². The van der Waals surface area contributed by atoms with Crippen LogP contribution in [0, 0.1) is 5.92 Å². The van der Waals surface area contributed by atoms with E-state index in [0.29, 0.717) is 36.4 Å². The number of amides is 3. The molecule has 0 spiro atoms. The van der Waals surface area contributed by atoms with E-state index < -0.39 is 30.5 Å². The molecule has 1 unspecified atom stereocenters. The monoisotopic (exact) mass is 387 g/mol. The summed E-state index contributed by atoms with van der Waals surface area (Å²) in [7, 11) is 0. The number of piperidine rings is 1. The Labute approximate surface area is 153 Å². The lowest BCUT2D eigenvalue weighted by atomic mass is 10.0. The van der Waals surface area contributed by atoms with Gasteiger partial charge in [0, 0.05) is 32.1 Å². The Hall–Kier alpha value is -2.52. The lowest BCUT2D eigenvalue weighted by Gasteiger charge is -2.32. The lowest BCUT2D eigenvalue weighted by molar-refractivity contribution is -0.157. The fourth-order valence-corrected chi connectivity index (χ4v) is 3.43. The molecular weight excluding hydrogens is 367 g/mol. The normalized spacial score (nSPS) is 21.6. The van der Waals surface area contributed by atoms with Crippen LogP contribution in [0.25, 0.3) is 0 Å². The number of nitrogens with zero attached hydrogens (tertiary/aromatic N) is 2. The summed E-state index contributed by atoms with van der Waals surface area (Å²) in [6.07, 6.45) is -0.801. The van der Waals surface area contributed by atoms with Gasteiger partial charge in [-0.25, -0.2) is 0 Å². The molecule has 148 valence electrons. The number of furan rings is 1. The molecule has 27 heavy (non-hydrogen) atoms. The van der Waals surface area contributed by atoms with Gasteiger partial charge in [0.25, 0.3) is 5.91 Å². The Balaban J connectivity index is 1.46. The number of likely N-dealkylation sites (tertiary alicyclic amines) is 2. The first-order valence-electron chi connectivity index (χ1n) is 8.69. The minimum absolute atomic E-state index is 0.141. The highest BCUT2D eigenvalue weighted by Gasteiger charge is 2.41. The maximum atomic E-state index is 12.5. The molecule has 1 N–H and O–H groups in total. The molecule has 0 saturated carbocycles. The summed E-state index contributed by atoms with van der Waals surface area (Å²) in [5.41, 5.74) is 0.465. The van der Waals surface area contributed by atoms with Crippen molar-refractivity contribution < 1.29 is 32.0 Å². The largest absolute Gasteiger partial charge is 0.472 e. The van der Waals surface area contributed by atoms with Crippen molar-refractivity contribution in [2.45, 2.75) is 31.5 Å². The van der Waals surface area contributed by atoms with E-state index in [4.69, 9.17) is 4.42 Å². The number of rotatable bonds is 4. The molecule has 3 rings (SSSR count). The average Bonchev–Trinajstić information content (AvgIpc) is 3.24. The van der Waals surface area contributed by atoms with Crippen LogP contribution in [0.3, 0.4) is 0 Å². The van der Waals surface area contributed by atoms with Crippen molar-refractivity contribution in [1.82, 2.24) is 15.1 Å². The molecule has 7 nitrogen and oxygen atoms in total. The minimum Gasteiger partial charge on any atom is -0.472 e. The highest BCUT2D eigenvalue weighted by molar-refractivity contribution is 5.94. The van der Waals surface area contributed by atoms with Gasteiger partial charge >= 0.3 is 6.18 Å². The third-order valence-corrected chi connectivity index (χ3v) is 4.85. The number of hydrogen-bond donors (Lipinski definition) is 1. The summed E-state index contributed by atoms with van der Waals surface area (Å²) in [5, 5.41) is 2.80. The van der Waals surface area contributed by atoms with E-state index in [9.17, 15) is 27.6 Å². The van der Waals surface area contributed by atoms with E-state index in [2.05, 4.69) is 5.32 Å². The van der Waals surface area contributed by atoms with Crippen molar-refractivity contribution >= 4 is 17.7 Å². The Bertz CT molecular complexity index is 697. The van der Waals surface area contributed by atoms with Gasteiger partial charge in [-0.05, 0) is 18.9 Å². The van der Waals surface area contributed by atoms with E-state index in [1.165, 1.54) is 12.5 Å². The second-order valence-electron chi connectivity index (χ2n) is 6.88. The fraction of sp³-hybridized carbons (Fsp3) is 0.588. The van der Waals surface area contributed by atoms with Gasteiger partial charge in [-0.1, -0.05) is 0 Å². The Morgan fingerprint density at radius 1 is 1.26 bits per heavy atom. The Kier molecular flexibility index (Phi) is 5.43. The molecular formula is C17H20F3N3O4. The maximum Gasteiger partial charge on any atom is 0.406 e. The van der Waals surface area contributed by atoms with Crippen molar-refractivity contribution in [1.29, 1.82) is 0 Å². The zero-order valence-corrected chi connectivity index (χ0v) is 14.5. The van der Waals surface area contributed by atoms with E-state index in [-0.39, 0.29) is 24.9 Å². The van der Waals surface area contributed by atoms with Gasteiger partial charge in [0.15, 0.2) is 0 Å². The summed E-state index contributed by atoms with van der Waals surface area (Å²) in [5.74, 6) is -1.98. The molecule has 2 fully saturated rings. The number of hydrogen-bond acceptors (Lipinski definition) is 4. The van der Waals surface area contributed by atoms with Gasteiger partial charge in [-0.3, -0.25) is 14.4 Å². The molecule has 10 heteroatoms. The predicted octanol–water partition coefficient (Wildman–Crippen LogP) is 1.41. The summed E-state index contributed by atoms with van der Waals surface area (Å²) in [6, 6.07) is 1.41. The van der Waals surface area contributed by atoms with Gasteiger partial charge in [0.1, 0.15) is 12.8 Å². The molecule has 1 aromatic heterocycles. The first-order chi connectivity index (χ1) is 12.7. The number of halogens is 3. The average molecular weight is 387 g/mol. The molecule has 2 aliphatic rings.